The lowest BCUT2D eigenvalue weighted by molar-refractivity contribution is 0.0955. The molecule has 7 heteroatoms. The van der Waals surface area contributed by atoms with Crippen molar-refractivity contribution in [2.45, 2.75) is 0 Å². The van der Waals surface area contributed by atoms with Gasteiger partial charge in [0.25, 0.3) is 5.91 Å². The van der Waals surface area contributed by atoms with E-state index in [2.05, 4.69) is 32.4 Å². The van der Waals surface area contributed by atoms with Crippen LogP contribution < -0.4 is 10.2 Å². The lowest BCUT2D eigenvalue weighted by Crippen LogP contribution is -2.18. The van der Waals surface area contributed by atoms with Crippen LogP contribution in [0.25, 0.3) is 0 Å². The van der Waals surface area contributed by atoms with Crippen molar-refractivity contribution in [3.8, 4) is 18.1 Å². The normalized spacial score (nSPS) is 10.4. The standard InChI is InChI=1S/C17H11BrCl2N2O2/c1-2-7-24-16-6-3-12(18)8-11(16)10-21-22-17(23)14-5-4-13(19)9-15(14)20/h1,3-6,8-10H,7H2,(H,22,23)/b21-10-. The molecular weight excluding hydrogens is 415 g/mol. The molecule has 1 amide bonds. The van der Waals surface area contributed by atoms with Gasteiger partial charge in [-0.2, -0.15) is 5.10 Å². The van der Waals surface area contributed by atoms with Crippen LogP contribution in [-0.2, 0) is 0 Å². The first-order chi connectivity index (χ1) is 11.5. The van der Waals surface area contributed by atoms with E-state index in [0.29, 0.717) is 16.3 Å². The number of hydrogen-bond donors (Lipinski definition) is 1. The molecule has 0 unspecified atom stereocenters. The summed E-state index contributed by atoms with van der Waals surface area (Å²) in [6, 6.07) is 9.94. The van der Waals surface area contributed by atoms with Crippen LogP contribution >= 0.6 is 39.1 Å². The quantitative estimate of drug-likeness (QED) is 0.434. The van der Waals surface area contributed by atoms with Crippen LogP contribution in [0.4, 0.5) is 0 Å². The van der Waals surface area contributed by atoms with Crippen molar-refractivity contribution in [1.29, 1.82) is 0 Å². The molecule has 0 bridgehead atoms. The molecule has 0 heterocycles. The van der Waals surface area contributed by atoms with Crippen LogP contribution in [0.1, 0.15) is 15.9 Å². The SMILES string of the molecule is C#CCOc1ccc(Br)cc1/C=N\NC(=O)c1ccc(Cl)cc1Cl. The Labute approximate surface area is 157 Å². The Kier molecular flexibility index (Phi) is 6.68. The van der Waals surface area contributed by atoms with Crippen molar-refractivity contribution >= 4 is 51.3 Å². The molecule has 0 aromatic heterocycles. The second-order valence-corrected chi connectivity index (χ2v) is 6.26. The molecule has 0 aliphatic carbocycles. The van der Waals surface area contributed by atoms with Crippen LogP contribution in [0.3, 0.4) is 0 Å². The van der Waals surface area contributed by atoms with Gasteiger partial charge in [-0.3, -0.25) is 4.79 Å². The summed E-state index contributed by atoms with van der Waals surface area (Å²) in [7, 11) is 0. The van der Waals surface area contributed by atoms with E-state index < -0.39 is 5.91 Å². The van der Waals surface area contributed by atoms with Gasteiger partial charge in [-0.05, 0) is 36.4 Å². The third-order valence-electron chi connectivity index (χ3n) is 2.83. The number of carbonyl (C=O) groups excluding carboxylic acids is 1. The monoisotopic (exact) mass is 424 g/mol. The predicted octanol–water partition coefficient (Wildman–Crippen LogP) is 4.53. The molecule has 0 aliphatic heterocycles. The molecule has 24 heavy (non-hydrogen) atoms. The maximum absolute atomic E-state index is 12.1. The topological polar surface area (TPSA) is 50.7 Å². The minimum atomic E-state index is -0.450. The molecule has 0 atom stereocenters. The van der Waals surface area contributed by atoms with E-state index in [9.17, 15) is 4.79 Å². The number of hydrogen-bond acceptors (Lipinski definition) is 3. The highest BCUT2D eigenvalue weighted by molar-refractivity contribution is 9.10. The predicted molar refractivity (Wildman–Crippen MR) is 100.0 cm³/mol. The van der Waals surface area contributed by atoms with Crippen molar-refractivity contribution < 1.29 is 9.53 Å². The largest absolute Gasteiger partial charge is 0.480 e. The van der Waals surface area contributed by atoms with Gasteiger partial charge in [0.05, 0.1) is 16.8 Å². The fourth-order valence-corrected chi connectivity index (χ4v) is 2.64. The fourth-order valence-electron chi connectivity index (χ4n) is 1.77. The van der Waals surface area contributed by atoms with Gasteiger partial charge in [0, 0.05) is 15.1 Å². The van der Waals surface area contributed by atoms with Gasteiger partial charge in [-0.1, -0.05) is 45.1 Å². The highest BCUT2D eigenvalue weighted by Gasteiger charge is 2.10. The maximum atomic E-state index is 12.1. The number of rotatable bonds is 5. The van der Waals surface area contributed by atoms with Gasteiger partial charge < -0.3 is 4.74 Å². The third kappa shape index (κ3) is 5.00. The molecule has 0 radical (unpaired) electrons. The van der Waals surface area contributed by atoms with Crippen LogP contribution in [-0.4, -0.2) is 18.7 Å². The maximum Gasteiger partial charge on any atom is 0.272 e. The molecule has 2 aromatic carbocycles. The smallest absolute Gasteiger partial charge is 0.272 e. The zero-order valence-corrected chi connectivity index (χ0v) is 15.3. The minimum absolute atomic E-state index is 0.134. The average Bonchev–Trinajstić information content (AvgIpc) is 2.54. The molecule has 1 N–H and O–H groups in total. The van der Waals surface area contributed by atoms with Crippen molar-refractivity contribution in [1.82, 2.24) is 5.43 Å². The Morgan fingerprint density at radius 2 is 2.12 bits per heavy atom. The van der Waals surface area contributed by atoms with Crippen molar-refractivity contribution in [2.24, 2.45) is 5.10 Å². The molecule has 0 spiro atoms. The number of hydrazone groups is 1. The first-order valence-corrected chi connectivity index (χ1v) is 8.20. The van der Waals surface area contributed by atoms with E-state index in [4.69, 9.17) is 34.4 Å². The lowest BCUT2D eigenvalue weighted by atomic mass is 10.2. The summed E-state index contributed by atoms with van der Waals surface area (Å²) in [5.74, 6) is 2.50. The summed E-state index contributed by atoms with van der Waals surface area (Å²) >= 11 is 15.1. The summed E-state index contributed by atoms with van der Waals surface area (Å²) < 4.78 is 6.26. The number of benzene rings is 2. The van der Waals surface area contributed by atoms with Gasteiger partial charge in [0.1, 0.15) is 12.4 Å². The Morgan fingerprint density at radius 3 is 2.83 bits per heavy atom. The van der Waals surface area contributed by atoms with Crippen LogP contribution in [0.15, 0.2) is 46.0 Å². The van der Waals surface area contributed by atoms with E-state index in [1.165, 1.54) is 18.3 Å². The lowest BCUT2D eigenvalue weighted by Gasteiger charge is -2.07. The van der Waals surface area contributed by atoms with Crippen molar-refractivity contribution in [3.63, 3.8) is 0 Å². The van der Waals surface area contributed by atoms with Gasteiger partial charge in [-0.25, -0.2) is 5.43 Å². The first-order valence-electron chi connectivity index (χ1n) is 6.65. The molecule has 2 rings (SSSR count). The minimum Gasteiger partial charge on any atom is -0.480 e. The second-order valence-electron chi connectivity index (χ2n) is 4.50. The molecule has 0 aliphatic rings. The van der Waals surface area contributed by atoms with E-state index in [1.807, 2.05) is 6.07 Å². The number of terminal acetylenes is 1. The fraction of sp³-hybridized carbons (Fsp3) is 0.0588. The highest BCUT2D eigenvalue weighted by Crippen LogP contribution is 2.22. The van der Waals surface area contributed by atoms with Gasteiger partial charge in [0.15, 0.2) is 0 Å². The number of carbonyl (C=O) groups is 1. The number of nitrogens with zero attached hydrogens (tertiary/aromatic N) is 1. The Bertz CT molecular complexity index is 832. The number of ether oxygens (including phenoxy) is 1. The van der Waals surface area contributed by atoms with Gasteiger partial charge in [0.2, 0.25) is 0 Å². The van der Waals surface area contributed by atoms with E-state index >= 15 is 0 Å². The third-order valence-corrected chi connectivity index (χ3v) is 3.87. The van der Waals surface area contributed by atoms with E-state index in [-0.39, 0.29) is 17.2 Å². The summed E-state index contributed by atoms with van der Waals surface area (Å²) in [4.78, 5) is 12.1. The van der Waals surface area contributed by atoms with Crippen LogP contribution in [0.2, 0.25) is 10.0 Å². The zero-order valence-electron chi connectivity index (χ0n) is 12.2. The second kappa shape index (κ2) is 8.74. The van der Waals surface area contributed by atoms with Gasteiger partial charge in [-0.15, -0.1) is 6.42 Å². The van der Waals surface area contributed by atoms with E-state index in [1.54, 1.807) is 18.2 Å². The summed E-state index contributed by atoms with van der Waals surface area (Å²) in [5, 5.41) is 4.62. The molecule has 0 saturated carbocycles. The average molecular weight is 426 g/mol. The Balaban J connectivity index is 2.12. The Hall–Kier alpha value is -2.00. The zero-order chi connectivity index (χ0) is 17.5. The highest BCUT2D eigenvalue weighted by atomic mass is 79.9. The van der Waals surface area contributed by atoms with E-state index in [0.717, 1.165) is 4.47 Å². The number of nitrogens with one attached hydrogen (secondary N) is 1. The molecule has 0 fully saturated rings. The molecule has 4 nitrogen and oxygen atoms in total. The van der Waals surface area contributed by atoms with Crippen molar-refractivity contribution in [2.75, 3.05) is 6.61 Å². The first kappa shape index (κ1) is 18.3. The number of halogens is 3. The summed E-state index contributed by atoms with van der Waals surface area (Å²) in [6.45, 7) is 0.134. The molecule has 0 saturated heterocycles. The molecular formula is C17H11BrCl2N2O2. The van der Waals surface area contributed by atoms with Crippen LogP contribution in [0.5, 0.6) is 5.75 Å². The molecule has 122 valence electrons. The van der Waals surface area contributed by atoms with Gasteiger partial charge >= 0.3 is 0 Å². The molecule has 2 aromatic rings. The summed E-state index contributed by atoms with van der Waals surface area (Å²) in [6.07, 6.45) is 6.65. The summed E-state index contributed by atoms with van der Waals surface area (Å²) in [5.41, 5.74) is 3.33. The van der Waals surface area contributed by atoms with Crippen molar-refractivity contribution in [3.05, 3.63) is 62.0 Å². The Morgan fingerprint density at radius 1 is 1.33 bits per heavy atom. The number of amides is 1. The van der Waals surface area contributed by atoms with Crippen LogP contribution in [0, 0.1) is 12.3 Å².